The van der Waals surface area contributed by atoms with Crippen LogP contribution in [0.3, 0.4) is 0 Å². The molecule has 5 heteroatoms. The lowest BCUT2D eigenvalue weighted by Gasteiger charge is -2.33. The van der Waals surface area contributed by atoms with Gasteiger partial charge >= 0.3 is 0 Å². The summed E-state index contributed by atoms with van der Waals surface area (Å²) in [5.41, 5.74) is -6.50. The van der Waals surface area contributed by atoms with Crippen molar-refractivity contribution in [3.05, 3.63) is 0 Å². The van der Waals surface area contributed by atoms with E-state index in [1.165, 1.54) is 6.92 Å². The summed E-state index contributed by atoms with van der Waals surface area (Å²) in [6.07, 6.45) is -4.13. The highest BCUT2D eigenvalue weighted by Gasteiger charge is 2.56. The second-order valence-electron chi connectivity index (χ2n) is 2.85. The molecular weight excluding hydrogens is 179 g/mol. The van der Waals surface area contributed by atoms with Crippen LogP contribution >= 0.6 is 0 Å². The molecule has 0 amide bonds. The van der Waals surface area contributed by atoms with E-state index in [4.69, 9.17) is 0 Å². The predicted molar refractivity (Wildman–Crippen MR) is 35.6 cm³/mol. The van der Waals surface area contributed by atoms with Gasteiger partial charge in [0.05, 0.1) is 0 Å². The summed E-state index contributed by atoms with van der Waals surface area (Å²) in [5, 5.41) is 0. The number of halogens is 5. The average Bonchev–Trinajstić information content (AvgIpc) is 2.02. The molecule has 0 aliphatic carbocycles. The van der Waals surface area contributed by atoms with Gasteiger partial charge in [0.2, 0.25) is 5.67 Å². The van der Waals surface area contributed by atoms with Crippen LogP contribution in [-0.4, -0.2) is 24.4 Å². The van der Waals surface area contributed by atoms with E-state index in [9.17, 15) is 22.0 Å². The molecule has 0 nitrogen and oxygen atoms in total. The van der Waals surface area contributed by atoms with E-state index >= 15 is 0 Å². The molecule has 0 saturated carbocycles. The van der Waals surface area contributed by atoms with Gasteiger partial charge in [0, 0.05) is 0 Å². The van der Waals surface area contributed by atoms with Gasteiger partial charge in [-0.15, -0.1) is 0 Å². The van der Waals surface area contributed by atoms with Crippen LogP contribution in [0.15, 0.2) is 0 Å². The van der Waals surface area contributed by atoms with E-state index in [1.807, 2.05) is 0 Å². The molecule has 0 aromatic heterocycles. The molecule has 0 bridgehead atoms. The average molecular weight is 190 g/mol. The van der Waals surface area contributed by atoms with Gasteiger partial charge in [0.25, 0.3) is 6.43 Å². The van der Waals surface area contributed by atoms with Crippen molar-refractivity contribution in [3.63, 3.8) is 0 Å². The lowest BCUT2D eigenvalue weighted by atomic mass is 9.87. The number of alkyl halides is 5. The first-order valence-corrected chi connectivity index (χ1v) is 3.53. The molecule has 0 rings (SSSR count). The summed E-state index contributed by atoms with van der Waals surface area (Å²) in [6.45, 7) is -0.184. The van der Waals surface area contributed by atoms with Gasteiger partial charge < -0.3 is 0 Å². The van der Waals surface area contributed by atoms with Crippen molar-refractivity contribution in [3.8, 4) is 0 Å². The Balaban J connectivity index is 4.74. The molecule has 0 aromatic rings. The minimum absolute atomic E-state index is 0.488. The normalized spacial score (nSPS) is 22.0. The Morgan fingerprint density at radius 2 is 1.67 bits per heavy atom. The summed E-state index contributed by atoms with van der Waals surface area (Å²) in [6, 6.07) is 0. The standard InChI is InChI=1S/C7H11F5/c1-3-6(2,11)7(12,4-8)5(9)10/h5H,3-4H2,1-2H3. The zero-order valence-electron chi connectivity index (χ0n) is 6.88. The van der Waals surface area contributed by atoms with Crippen LogP contribution in [0.4, 0.5) is 22.0 Å². The van der Waals surface area contributed by atoms with Crippen molar-refractivity contribution in [2.24, 2.45) is 0 Å². The second kappa shape index (κ2) is 3.58. The van der Waals surface area contributed by atoms with Crippen molar-refractivity contribution in [2.45, 2.75) is 38.0 Å². The predicted octanol–water partition coefficient (Wildman–Crippen LogP) is 3.07. The van der Waals surface area contributed by atoms with Gasteiger partial charge in [-0.3, -0.25) is 0 Å². The van der Waals surface area contributed by atoms with Gasteiger partial charge in [-0.05, 0) is 13.3 Å². The van der Waals surface area contributed by atoms with Crippen molar-refractivity contribution in [2.75, 3.05) is 6.67 Å². The van der Waals surface area contributed by atoms with Gasteiger partial charge in [-0.25, -0.2) is 22.0 Å². The number of rotatable bonds is 4. The number of hydrogen-bond donors (Lipinski definition) is 0. The van der Waals surface area contributed by atoms with E-state index in [-0.39, 0.29) is 0 Å². The van der Waals surface area contributed by atoms with Gasteiger partial charge in [0.1, 0.15) is 12.3 Å². The summed E-state index contributed by atoms with van der Waals surface area (Å²) >= 11 is 0. The first kappa shape index (κ1) is 11.6. The largest absolute Gasteiger partial charge is 0.277 e. The van der Waals surface area contributed by atoms with Crippen molar-refractivity contribution >= 4 is 0 Å². The van der Waals surface area contributed by atoms with E-state index < -0.39 is 30.9 Å². The third-order valence-corrected chi connectivity index (χ3v) is 2.07. The fourth-order valence-electron chi connectivity index (χ4n) is 0.719. The van der Waals surface area contributed by atoms with Crippen LogP contribution in [-0.2, 0) is 0 Å². The van der Waals surface area contributed by atoms with Crippen molar-refractivity contribution in [1.82, 2.24) is 0 Å². The van der Waals surface area contributed by atoms with Crippen LogP contribution in [0.5, 0.6) is 0 Å². The topological polar surface area (TPSA) is 0 Å². The van der Waals surface area contributed by atoms with E-state index in [2.05, 4.69) is 0 Å². The minimum Gasteiger partial charge on any atom is -0.247 e. The Morgan fingerprint density at radius 3 is 1.75 bits per heavy atom. The monoisotopic (exact) mass is 190 g/mol. The Labute approximate surface area is 67.8 Å². The molecule has 0 radical (unpaired) electrons. The maximum absolute atomic E-state index is 13.0. The lowest BCUT2D eigenvalue weighted by molar-refractivity contribution is -0.138. The lowest BCUT2D eigenvalue weighted by Crippen LogP contribution is -2.52. The molecule has 2 atom stereocenters. The zero-order valence-corrected chi connectivity index (χ0v) is 6.88. The molecule has 2 unspecified atom stereocenters. The highest BCUT2D eigenvalue weighted by Crippen LogP contribution is 2.38. The molecule has 0 N–H and O–H groups in total. The highest BCUT2D eigenvalue weighted by molar-refractivity contribution is 4.98. The Hall–Kier alpha value is -0.350. The van der Waals surface area contributed by atoms with Crippen molar-refractivity contribution in [1.29, 1.82) is 0 Å². The highest BCUT2D eigenvalue weighted by atomic mass is 19.3. The summed E-state index contributed by atoms with van der Waals surface area (Å²) in [5.74, 6) is 0. The molecule has 0 aromatic carbocycles. The zero-order chi connectivity index (χ0) is 9.99. The van der Waals surface area contributed by atoms with Crippen LogP contribution in [0.1, 0.15) is 20.3 Å². The number of hydrogen-bond acceptors (Lipinski definition) is 0. The maximum atomic E-state index is 13.0. The van der Waals surface area contributed by atoms with E-state index in [0.717, 1.165) is 0 Å². The smallest absolute Gasteiger partial charge is 0.247 e. The summed E-state index contributed by atoms with van der Waals surface area (Å²) in [4.78, 5) is 0. The maximum Gasteiger partial charge on any atom is 0.277 e. The Bertz CT molecular complexity index is 145. The van der Waals surface area contributed by atoms with E-state index in [1.54, 1.807) is 0 Å². The minimum atomic E-state index is -3.68. The molecule has 0 aliphatic rings. The Kier molecular flexibility index (Phi) is 3.47. The summed E-state index contributed by atoms with van der Waals surface area (Å²) in [7, 11) is 0. The SMILES string of the molecule is CCC(C)(F)C(F)(CF)C(F)F. The second-order valence-corrected chi connectivity index (χ2v) is 2.85. The third-order valence-electron chi connectivity index (χ3n) is 2.07. The van der Waals surface area contributed by atoms with Gasteiger partial charge in [0.15, 0.2) is 0 Å². The van der Waals surface area contributed by atoms with Crippen molar-refractivity contribution < 1.29 is 22.0 Å². The Morgan fingerprint density at radius 1 is 1.25 bits per heavy atom. The third kappa shape index (κ3) is 1.69. The van der Waals surface area contributed by atoms with Gasteiger partial charge in [-0.1, -0.05) is 6.92 Å². The van der Waals surface area contributed by atoms with E-state index in [0.29, 0.717) is 6.92 Å². The quantitative estimate of drug-likeness (QED) is 0.597. The molecule has 0 fully saturated rings. The molecule has 0 saturated heterocycles. The fraction of sp³-hybridized carbons (Fsp3) is 1.00. The molecule has 0 heterocycles. The van der Waals surface area contributed by atoms with Crippen LogP contribution in [0.2, 0.25) is 0 Å². The molecular formula is C7H11F5. The first-order valence-electron chi connectivity index (χ1n) is 3.53. The molecule has 0 spiro atoms. The van der Waals surface area contributed by atoms with Crippen LogP contribution in [0, 0.1) is 0 Å². The molecule has 12 heavy (non-hydrogen) atoms. The molecule has 74 valence electrons. The fourth-order valence-corrected chi connectivity index (χ4v) is 0.719. The van der Waals surface area contributed by atoms with Crippen LogP contribution < -0.4 is 0 Å². The van der Waals surface area contributed by atoms with Crippen LogP contribution in [0.25, 0.3) is 0 Å². The van der Waals surface area contributed by atoms with Gasteiger partial charge in [-0.2, -0.15) is 0 Å². The first-order chi connectivity index (χ1) is 5.31. The summed E-state index contributed by atoms with van der Waals surface area (Å²) < 4.78 is 61.6. The molecule has 0 aliphatic heterocycles.